The zero-order chi connectivity index (χ0) is 9.56. The van der Waals surface area contributed by atoms with Crippen molar-refractivity contribution in [2.75, 3.05) is 6.61 Å². The first-order valence-corrected chi connectivity index (χ1v) is 3.21. The van der Waals surface area contributed by atoms with Crippen LogP contribution in [0.4, 0.5) is 0 Å². The number of rotatable bonds is 5. The summed E-state index contributed by atoms with van der Waals surface area (Å²) in [4.78, 5) is 41.2. The highest BCUT2D eigenvalue weighted by atomic mass is 16.5. The van der Waals surface area contributed by atoms with E-state index < -0.39 is 30.6 Å². The average Bonchev–Trinajstić information content (AvgIpc) is 1.98. The molecule has 0 rings (SSSR count). The van der Waals surface area contributed by atoms with Crippen molar-refractivity contribution in [1.82, 2.24) is 0 Å². The van der Waals surface area contributed by atoms with Crippen LogP contribution in [0.15, 0.2) is 0 Å². The summed E-state index contributed by atoms with van der Waals surface area (Å²) in [5.41, 5.74) is 0. The molecule has 0 saturated carbocycles. The van der Waals surface area contributed by atoms with Gasteiger partial charge in [0.25, 0.3) is 0 Å². The van der Waals surface area contributed by atoms with Gasteiger partial charge >= 0.3 is 5.97 Å². The van der Waals surface area contributed by atoms with E-state index in [0.717, 1.165) is 0 Å². The molecule has 66 valence electrons. The molecule has 0 saturated heterocycles. The number of hydrogen-bond donors (Lipinski definition) is 0. The lowest BCUT2D eigenvalue weighted by molar-refractivity contribution is -0.155. The Hall–Kier alpha value is -1.52. The minimum absolute atomic E-state index is 0.346. The Balaban J connectivity index is 3.85. The monoisotopic (exact) mass is 172 g/mol. The third kappa shape index (κ3) is 4.32. The second-order valence-corrected chi connectivity index (χ2v) is 2.07. The average molecular weight is 172 g/mol. The Morgan fingerprint density at radius 1 is 1.33 bits per heavy atom. The van der Waals surface area contributed by atoms with Crippen LogP contribution in [0.2, 0.25) is 0 Å². The van der Waals surface area contributed by atoms with E-state index in [4.69, 9.17) is 0 Å². The molecule has 0 N–H and O–H groups in total. The largest absolute Gasteiger partial charge is 0.452 e. The summed E-state index contributed by atoms with van der Waals surface area (Å²) in [5, 5.41) is 0. The van der Waals surface area contributed by atoms with Crippen LogP contribution in [0.5, 0.6) is 0 Å². The molecule has 5 nitrogen and oxygen atoms in total. The minimum Gasteiger partial charge on any atom is -0.452 e. The molecule has 0 bridgehead atoms. The van der Waals surface area contributed by atoms with E-state index in [2.05, 4.69) is 4.74 Å². The zero-order valence-electron chi connectivity index (χ0n) is 6.53. The third-order valence-electron chi connectivity index (χ3n) is 0.920. The molecule has 0 aliphatic heterocycles. The van der Waals surface area contributed by atoms with Crippen LogP contribution in [0.25, 0.3) is 0 Å². The van der Waals surface area contributed by atoms with Crippen LogP contribution >= 0.6 is 0 Å². The van der Waals surface area contributed by atoms with Crippen molar-refractivity contribution in [1.29, 1.82) is 0 Å². The van der Waals surface area contributed by atoms with E-state index in [0.29, 0.717) is 6.29 Å². The number of hydrogen-bond acceptors (Lipinski definition) is 5. The molecule has 0 aromatic heterocycles. The highest BCUT2D eigenvalue weighted by molar-refractivity contribution is 6.37. The van der Waals surface area contributed by atoms with E-state index in [-0.39, 0.29) is 0 Å². The maximum Gasteiger partial charge on any atom is 0.375 e. The first-order chi connectivity index (χ1) is 5.57. The predicted octanol–water partition coefficient (Wildman–Crippen LogP) is -0.723. The fourth-order valence-corrected chi connectivity index (χ4v) is 0.488. The third-order valence-corrected chi connectivity index (χ3v) is 0.920. The Kier molecular flexibility index (Phi) is 4.52. The molecular formula is C7H8O5. The molecule has 0 spiro atoms. The second-order valence-electron chi connectivity index (χ2n) is 2.07. The maximum atomic E-state index is 10.6. The first-order valence-electron chi connectivity index (χ1n) is 3.21. The van der Waals surface area contributed by atoms with Gasteiger partial charge in [0, 0.05) is 0 Å². The van der Waals surface area contributed by atoms with Gasteiger partial charge in [-0.1, -0.05) is 0 Å². The van der Waals surface area contributed by atoms with Crippen molar-refractivity contribution >= 4 is 23.8 Å². The fraction of sp³-hybridized carbons (Fsp3) is 0.429. The van der Waals surface area contributed by atoms with Crippen molar-refractivity contribution in [2.45, 2.75) is 13.3 Å². The molecule has 0 aromatic rings. The van der Waals surface area contributed by atoms with Crippen LogP contribution in [0, 0.1) is 0 Å². The van der Waals surface area contributed by atoms with Gasteiger partial charge in [0.2, 0.25) is 5.78 Å². The number of ether oxygens (including phenoxy) is 1. The van der Waals surface area contributed by atoms with Gasteiger partial charge in [-0.25, -0.2) is 4.79 Å². The lowest BCUT2D eigenvalue weighted by Crippen LogP contribution is -2.20. The number of Topliss-reactive ketones (excluding diaryl/α,β-unsaturated/α-hetero) is 2. The normalized spacial score (nSPS) is 8.75. The van der Waals surface area contributed by atoms with Gasteiger partial charge in [0.1, 0.15) is 12.4 Å². The number of carbonyl (C=O) groups excluding carboxylic acids is 4. The van der Waals surface area contributed by atoms with Crippen molar-refractivity contribution in [3.63, 3.8) is 0 Å². The fourth-order valence-electron chi connectivity index (χ4n) is 0.488. The summed E-state index contributed by atoms with van der Waals surface area (Å²) >= 11 is 0. The van der Waals surface area contributed by atoms with Crippen LogP contribution < -0.4 is 0 Å². The summed E-state index contributed by atoms with van der Waals surface area (Å²) in [6, 6.07) is 0. The van der Waals surface area contributed by atoms with E-state index in [1.165, 1.54) is 6.92 Å². The molecule has 5 heteroatoms. The molecule has 0 aromatic carbocycles. The van der Waals surface area contributed by atoms with Gasteiger partial charge in [0.05, 0.1) is 6.42 Å². The van der Waals surface area contributed by atoms with Crippen molar-refractivity contribution in [3.05, 3.63) is 0 Å². The summed E-state index contributed by atoms with van der Waals surface area (Å²) in [5.74, 6) is -2.48. The molecule has 0 fully saturated rings. The number of esters is 1. The summed E-state index contributed by atoms with van der Waals surface area (Å²) < 4.78 is 4.15. The predicted molar refractivity (Wildman–Crippen MR) is 37.3 cm³/mol. The van der Waals surface area contributed by atoms with E-state index in [9.17, 15) is 19.2 Å². The lowest BCUT2D eigenvalue weighted by atomic mass is 10.2. The highest BCUT2D eigenvalue weighted by Gasteiger charge is 2.16. The first kappa shape index (κ1) is 10.5. The molecule has 0 aliphatic rings. The molecule has 0 amide bonds. The zero-order valence-corrected chi connectivity index (χ0v) is 6.53. The number of carbonyl (C=O) groups is 4. The molecule has 0 unspecified atom stereocenters. The molecule has 0 atom stereocenters. The SMILES string of the molecule is CC(=O)CC(=O)C(=O)OCC=O. The van der Waals surface area contributed by atoms with Gasteiger partial charge in [0.15, 0.2) is 6.29 Å². The van der Waals surface area contributed by atoms with Crippen molar-refractivity contribution < 1.29 is 23.9 Å². The maximum absolute atomic E-state index is 10.6. The Morgan fingerprint density at radius 2 is 1.92 bits per heavy atom. The van der Waals surface area contributed by atoms with Crippen molar-refractivity contribution in [3.8, 4) is 0 Å². The number of ketones is 2. The molecule has 0 heterocycles. The molecular weight excluding hydrogens is 164 g/mol. The van der Waals surface area contributed by atoms with Crippen LogP contribution in [-0.4, -0.2) is 30.4 Å². The lowest BCUT2D eigenvalue weighted by Gasteiger charge is -1.96. The second kappa shape index (κ2) is 5.17. The van der Waals surface area contributed by atoms with Crippen LogP contribution in [0.3, 0.4) is 0 Å². The van der Waals surface area contributed by atoms with Crippen molar-refractivity contribution in [2.24, 2.45) is 0 Å². The molecule has 0 aliphatic carbocycles. The van der Waals surface area contributed by atoms with Gasteiger partial charge in [-0.2, -0.15) is 0 Å². The highest BCUT2D eigenvalue weighted by Crippen LogP contribution is 1.88. The smallest absolute Gasteiger partial charge is 0.375 e. The van der Waals surface area contributed by atoms with E-state index >= 15 is 0 Å². The minimum atomic E-state index is -1.14. The number of aldehydes is 1. The van der Waals surface area contributed by atoms with Gasteiger partial charge in [-0.3, -0.25) is 14.4 Å². The Bertz CT molecular complexity index is 218. The standard InChI is InChI=1S/C7H8O5/c1-5(9)4-6(10)7(11)12-3-2-8/h2H,3-4H2,1H3. The van der Waals surface area contributed by atoms with Gasteiger partial charge in [-0.05, 0) is 6.92 Å². The van der Waals surface area contributed by atoms with Crippen LogP contribution in [0.1, 0.15) is 13.3 Å². The quantitative estimate of drug-likeness (QED) is 0.236. The van der Waals surface area contributed by atoms with E-state index in [1.54, 1.807) is 0 Å². The van der Waals surface area contributed by atoms with Crippen LogP contribution in [-0.2, 0) is 23.9 Å². The summed E-state index contributed by atoms with van der Waals surface area (Å²) in [6.45, 7) is 0.730. The van der Waals surface area contributed by atoms with E-state index in [1.807, 2.05) is 0 Å². The van der Waals surface area contributed by atoms with Gasteiger partial charge < -0.3 is 4.74 Å². The Labute approximate surface area is 68.7 Å². The summed E-state index contributed by atoms with van der Waals surface area (Å²) in [6.07, 6.45) is -0.128. The Morgan fingerprint density at radius 3 is 2.33 bits per heavy atom. The molecule has 0 radical (unpaired) electrons. The topological polar surface area (TPSA) is 77.5 Å². The summed E-state index contributed by atoms with van der Waals surface area (Å²) in [7, 11) is 0. The van der Waals surface area contributed by atoms with Gasteiger partial charge in [-0.15, -0.1) is 0 Å². The molecule has 12 heavy (non-hydrogen) atoms.